The molecule has 0 saturated carbocycles. The van der Waals surface area contributed by atoms with Crippen molar-refractivity contribution in [1.29, 1.82) is 10.5 Å². The third kappa shape index (κ3) is 3.69. The van der Waals surface area contributed by atoms with E-state index in [-0.39, 0.29) is 5.41 Å². The molecular formula is C42H28N4O. The lowest BCUT2D eigenvalue weighted by Gasteiger charge is -2.25. The van der Waals surface area contributed by atoms with Gasteiger partial charge in [0.15, 0.2) is 0 Å². The van der Waals surface area contributed by atoms with Crippen molar-refractivity contribution in [2.45, 2.75) is 26.2 Å². The lowest BCUT2D eigenvalue weighted by Crippen LogP contribution is -2.16. The molecule has 222 valence electrons. The first-order valence-corrected chi connectivity index (χ1v) is 15.7. The van der Waals surface area contributed by atoms with Crippen LogP contribution in [-0.2, 0) is 5.41 Å². The van der Waals surface area contributed by atoms with E-state index in [1.54, 1.807) is 0 Å². The predicted octanol–water partition coefficient (Wildman–Crippen LogP) is 10.8. The summed E-state index contributed by atoms with van der Waals surface area (Å²) >= 11 is 0. The second-order valence-corrected chi connectivity index (χ2v) is 13.2. The van der Waals surface area contributed by atoms with Crippen LogP contribution in [0.3, 0.4) is 0 Å². The van der Waals surface area contributed by atoms with Crippen molar-refractivity contribution in [1.82, 2.24) is 9.13 Å². The van der Waals surface area contributed by atoms with Crippen molar-refractivity contribution in [3.05, 3.63) is 132 Å². The van der Waals surface area contributed by atoms with Crippen LogP contribution in [0.1, 0.15) is 37.5 Å². The fraction of sp³-hybridized carbons (Fsp3) is 0.0952. The number of benzene rings is 6. The minimum atomic E-state index is -0.283. The quantitative estimate of drug-likeness (QED) is 0.197. The molecule has 0 bridgehead atoms. The normalized spacial score (nSPS) is 12.1. The molecule has 0 atom stereocenters. The van der Waals surface area contributed by atoms with Crippen LogP contribution in [-0.4, -0.2) is 9.13 Å². The Kier molecular flexibility index (Phi) is 5.52. The van der Waals surface area contributed by atoms with E-state index in [1.165, 1.54) is 0 Å². The highest BCUT2D eigenvalue weighted by atomic mass is 16.3. The maximum Gasteiger partial charge on any atom is 0.145 e. The molecule has 9 rings (SSSR count). The molecule has 0 radical (unpaired) electrons. The number of aromatic nitrogens is 2. The van der Waals surface area contributed by atoms with E-state index in [0.717, 1.165) is 82.5 Å². The van der Waals surface area contributed by atoms with Gasteiger partial charge in [0.05, 0.1) is 49.7 Å². The van der Waals surface area contributed by atoms with E-state index in [9.17, 15) is 10.5 Å². The standard InChI is InChI=1S/C42H28N4O/c1-42(2,3)32-21-25(23-43)26(24-44)22-37(32)46-34-16-10-8-14-31(34)39-36(46)20-18-29-28-17-19-35-38(40(28)47-41(29)39)30-13-7-9-15-33(30)45(35)27-11-5-4-6-12-27/h4-22H,1-3H3. The first-order chi connectivity index (χ1) is 22.9. The predicted molar refractivity (Wildman–Crippen MR) is 191 cm³/mol. The molecule has 9 aromatic rings. The SMILES string of the molecule is CC(C)(C)c1cc(C#N)c(C#N)cc1-n1c2ccccc2c2c3oc4c(ccc5c4c4ccccc4n5-c4ccccc4)c3ccc21. The van der Waals surface area contributed by atoms with Crippen LogP contribution in [0.4, 0.5) is 0 Å². The van der Waals surface area contributed by atoms with Crippen molar-refractivity contribution in [3.8, 4) is 23.5 Å². The van der Waals surface area contributed by atoms with Crippen LogP contribution >= 0.6 is 0 Å². The number of hydrogen-bond donors (Lipinski definition) is 0. The van der Waals surface area contributed by atoms with E-state index in [4.69, 9.17) is 4.42 Å². The average molecular weight is 605 g/mol. The Hall–Kier alpha value is -6.30. The van der Waals surface area contributed by atoms with Crippen LogP contribution in [0.2, 0.25) is 0 Å². The van der Waals surface area contributed by atoms with Gasteiger partial charge in [0.25, 0.3) is 0 Å². The Bertz CT molecular complexity index is 2840. The highest BCUT2D eigenvalue weighted by Crippen LogP contribution is 2.45. The van der Waals surface area contributed by atoms with Gasteiger partial charge in [-0.05, 0) is 71.6 Å². The smallest absolute Gasteiger partial charge is 0.145 e. The Morgan fingerprint density at radius 3 is 1.62 bits per heavy atom. The number of nitrogens with zero attached hydrogens (tertiary/aromatic N) is 4. The summed E-state index contributed by atoms with van der Waals surface area (Å²) in [5.41, 5.74) is 9.40. The Labute approximate surface area is 270 Å². The average Bonchev–Trinajstić information content (AvgIpc) is 3.75. The number of fused-ring (bicyclic) bond motifs is 11. The van der Waals surface area contributed by atoms with Crippen molar-refractivity contribution in [2.75, 3.05) is 0 Å². The Morgan fingerprint density at radius 1 is 0.532 bits per heavy atom. The summed E-state index contributed by atoms with van der Waals surface area (Å²) < 4.78 is 11.6. The van der Waals surface area contributed by atoms with Gasteiger partial charge in [-0.25, -0.2) is 0 Å². The van der Waals surface area contributed by atoms with Crippen molar-refractivity contribution >= 4 is 65.6 Å². The summed E-state index contributed by atoms with van der Waals surface area (Å²) in [6, 6.07) is 44.3. The number of nitriles is 2. The zero-order chi connectivity index (χ0) is 32.0. The third-order valence-electron chi connectivity index (χ3n) is 9.52. The highest BCUT2D eigenvalue weighted by molar-refractivity contribution is 6.29. The van der Waals surface area contributed by atoms with Crippen molar-refractivity contribution in [3.63, 3.8) is 0 Å². The molecule has 0 saturated heterocycles. The number of hydrogen-bond acceptors (Lipinski definition) is 3. The van der Waals surface area contributed by atoms with E-state index >= 15 is 0 Å². The minimum absolute atomic E-state index is 0.283. The summed E-state index contributed by atoms with van der Waals surface area (Å²) in [4.78, 5) is 0. The van der Waals surface area contributed by atoms with Crippen LogP contribution in [0, 0.1) is 22.7 Å². The molecule has 0 unspecified atom stereocenters. The monoisotopic (exact) mass is 604 g/mol. The molecule has 3 heterocycles. The molecule has 0 amide bonds. The minimum Gasteiger partial charge on any atom is -0.455 e. The molecule has 0 aliphatic rings. The fourth-order valence-corrected chi connectivity index (χ4v) is 7.47. The highest BCUT2D eigenvalue weighted by Gasteiger charge is 2.26. The fourth-order valence-electron chi connectivity index (χ4n) is 7.47. The summed E-state index contributed by atoms with van der Waals surface area (Å²) in [6.07, 6.45) is 0. The van der Waals surface area contributed by atoms with Gasteiger partial charge in [-0.2, -0.15) is 10.5 Å². The zero-order valence-corrected chi connectivity index (χ0v) is 26.2. The molecule has 3 aromatic heterocycles. The molecule has 0 N–H and O–H groups in total. The molecule has 0 aliphatic heterocycles. The van der Waals surface area contributed by atoms with E-state index in [2.05, 4.69) is 133 Å². The lowest BCUT2D eigenvalue weighted by atomic mass is 9.83. The van der Waals surface area contributed by atoms with Crippen molar-refractivity contribution in [2.24, 2.45) is 0 Å². The third-order valence-corrected chi connectivity index (χ3v) is 9.52. The van der Waals surface area contributed by atoms with Crippen LogP contribution in [0.25, 0.3) is 76.9 Å². The van der Waals surface area contributed by atoms with Crippen LogP contribution in [0.15, 0.2) is 120 Å². The topological polar surface area (TPSA) is 70.6 Å². The second-order valence-electron chi connectivity index (χ2n) is 13.2. The van der Waals surface area contributed by atoms with Crippen molar-refractivity contribution < 1.29 is 4.42 Å². The van der Waals surface area contributed by atoms with Crippen LogP contribution in [0.5, 0.6) is 0 Å². The summed E-state index contributed by atoms with van der Waals surface area (Å²) in [5, 5.41) is 26.4. The maximum atomic E-state index is 10.0. The van der Waals surface area contributed by atoms with E-state index < -0.39 is 0 Å². The Balaban J connectivity index is 1.43. The number of furan rings is 1. The van der Waals surface area contributed by atoms with Gasteiger partial charge in [0, 0.05) is 27.2 Å². The number of rotatable bonds is 2. The molecule has 5 heteroatoms. The van der Waals surface area contributed by atoms with E-state index in [1.807, 2.05) is 24.3 Å². The van der Waals surface area contributed by atoms with Gasteiger partial charge in [-0.15, -0.1) is 0 Å². The van der Waals surface area contributed by atoms with Gasteiger partial charge >= 0.3 is 0 Å². The second kappa shape index (κ2) is 9.60. The molecule has 6 aromatic carbocycles. The van der Waals surface area contributed by atoms with Gasteiger partial charge in [-0.1, -0.05) is 75.4 Å². The first-order valence-electron chi connectivity index (χ1n) is 15.7. The molecule has 5 nitrogen and oxygen atoms in total. The zero-order valence-electron chi connectivity index (χ0n) is 26.2. The first kappa shape index (κ1) is 27.0. The van der Waals surface area contributed by atoms with E-state index in [0.29, 0.717) is 11.1 Å². The van der Waals surface area contributed by atoms with Crippen LogP contribution < -0.4 is 0 Å². The summed E-state index contributed by atoms with van der Waals surface area (Å²) in [6.45, 7) is 6.42. The summed E-state index contributed by atoms with van der Waals surface area (Å²) in [7, 11) is 0. The Morgan fingerprint density at radius 2 is 1.04 bits per heavy atom. The largest absolute Gasteiger partial charge is 0.455 e. The van der Waals surface area contributed by atoms with Gasteiger partial charge in [0.2, 0.25) is 0 Å². The molecule has 0 aliphatic carbocycles. The molecule has 0 fully saturated rings. The molecule has 47 heavy (non-hydrogen) atoms. The molecular weight excluding hydrogens is 576 g/mol. The van der Waals surface area contributed by atoms with Gasteiger partial charge < -0.3 is 13.6 Å². The number of para-hydroxylation sites is 3. The van der Waals surface area contributed by atoms with Gasteiger partial charge in [-0.3, -0.25) is 0 Å². The maximum absolute atomic E-state index is 10.0. The lowest BCUT2D eigenvalue weighted by molar-refractivity contribution is 0.587. The van der Waals surface area contributed by atoms with Gasteiger partial charge in [0.1, 0.15) is 23.3 Å². The molecule has 0 spiro atoms. The summed E-state index contributed by atoms with van der Waals surface area (Å²) in [5.74, 6) is 0.